The fourth-order valence-electron chi connectivity index (χ4n) is 9.32. The van der Waals surface area contributed by atoms with E-state index in [1.54, 1.807) is 0 Å². The smallest absolute Gasteiger partial charge is 0.132 e. The Balaban J connectivity index is 1.19. The minimum absolute atomic E-state index is 0.330. The first kappa shape index (κ1) is 28.5. The number of rotatable bonds is 3. The van der Waals surface area contributed by atoms with Crippen molar-refractivity contribution in [2.45, 2.75) is 18.3 Å². The molecule has 0 bridgehead atoms. The van der Waals surface area contributed by atoms with Crippen LogP contribution < -0.4 is 9.64 Å². The average Bonchev–Trinajstić information content (AvgIpc) is 3.64. The molecule has 8 aromatic carbocycles. The number of para-hydroxylation sites is 2. The second-order valence-electron chi connectivity index (χ2n) is 14.1. The monoisotopic (exact) mass is 651 g/mol. The third-order valence-corrected chi connectivity index (χ3v) is 11.5. The normalized spacial score (nSPS) is 17.2. The summed E-state index contributed by atoms with van der Waals surface area (Å²) in [5, 5.41) is 2.38. The molecule has 8 aromatic rings. The minimum atomic E-state index is -0.563. The summed E-state index contributed by atoms with van der Waals surface area (Å²) in [7, 11) is 0. The van der Waals surface area contributed by atoms with Crippen LogP contribution in [-0.2, 0) is 5.41 Å². The Morgan fingerprint density at radius 2 is 1.02 bits per heavy atom. The second kappa shape index (κ2) is 10.6. The van der Waals surface area contributed by atoms with Gasteiger partial charge in [0, 0.05) is 34.1 Å². The minimum Gasteiger partial charge on any atom is -0.457 e. The molecule has 0 radical (unpaired) electrons. The first-order valence-electron chi connectivity index (χ1n) is 17.8. The van der Waals surface area contributed by atoms with Crippen molar-refractivity contribution < 1.29 is 4.74 Å². The molecule has 0 saturated heterocycles. The summed E-state index contributed by atoms with van der Waals surface area (Å²) in [6.45, 7) is 2.33. The van der Waals surface area contributed by atoms with Crippen molar-refractivity contribution in [3.63, 3.8) is 0 Å². The van der Waals surface area contributed by atoms with E-state index in [4.69, 9.17) is 4.74 Å². The topological polar surface area (TPSA) is 12.5 Å². The molecule has 11 rings (SSSR count). The highest BCUT2D eigenvalue weighted by atomic mass is 16.5. The summed E-state index contributed by atoms with van der Waals surface area (Å²) >= 11 is 0. The van der Waals surface area contributed by atoms with E-state index in [1.807, 2.05) is 0 Å². The highest BCUT2D eigenvalue weighted by molar-refractivity contribution is 5.94. The lowest BCUT2D eigenvalue weighted by atomic mass is 9.65. The average molecular weight is 652 g/mol. The van der Waals surface area contributed by atoms with Crippen molar-refractivity contribution in [1.29, 1.82) is 0 Å². The van der Waals surface area contributed by atoms with Crippen LogP contribution >= 0.6 is 0 Å². The number of benzene rings is 8. The van der Waals surface area contributed by atoms with E-state index in [-0.39, 0.29) is 0 Å². The molecule has 2 heteroatoms. The van der Waals surface area contributed by atoms with Gasteiger partial charge in [-0.1, -0.05) is 128 Å². The molecule has 3 aliphatic rings. The van der Waals surface area contributed by atoms with Crippen molar-refractivity contribution in [2.24, 2.45) is 0 Å². The standard InChI is InChI=1S/C49H33NO/c1-31-37-17-7-8-18-38(37)39-25-23-35(29-42(31)39)50(34-15-3-2-4-16-34)36-24-26-41-40-19-9-10-20-43(40)49(45(41)30-36)44-21-11-12-22-47(44)51-48-28-33-14-6-5-13-32(33)27-46(48)49/h2-31H,1H3. The van der Waals surface area contributed by atoms with Crippen molar-refractivity contribution in [3.8, 4) is 33.8 Å². The number of ether oxygens (including phenoxy) is 1. The van der Waals surface area contributed by atoms with E-state index < -0.39 is 5.41 Å². The van der Waals surface area contributed by atoms with Gasteiger partial charge in [-0.2, -0.15) is 0 Å². The van der Waals surface area contributed by atoms with Crippen molar-refractivity contribution in [2.75, 3.05) is 4.90 Å². The van der Waals surface area contributed by atoms with Gasteiger partial charge in [0.05, 0.1) is 5.41 Å². The molecule has 1 heterocycles. The lowest BCUT2D eigenvalue weighted by Gasteiger charge is -2.40. The molecule has 2 nitrogen and oxygen atoms in total. The first-order valence-corrected chi connectivity index (χ1v) is 17.8. The molecular formula is C49H33NO. The molecule has 2 atom stereocenters. The fraction of sp³-hybridized carbons (Fsp3) is 0.0612. The van der Waals surface area contributed by atoms with Crippen LogP contribution in [0.15, 0.2) is 176 Å². The molecule has 51 heavy (non-hydrogen) atoms. The predicted molar refractivity (Wildman–Crippen MR) is 209 cm³/mol. The molecular weight excluding hydrogens is 619 g/mol. The zero-order chi connectivity index (χ0) is 33.7. The van der Waals surface area contributed by atoms with E-state index in [1.165, 1.54) is 66.4 Å². The Hall–Kier alpha value is -6.38. The SMILES string of the molecule is CC1c2ccccc2-c2ccc(N(c3ccccc3)c3ccc4c(c3)C3(c5ccccc5Oc5cc6ccccc6cc53)c3ccccc3-4)cc21. The highest BCUT2D eigenvalue weighted by Crippen LogP contribution is 2.63. The van der Waals surface area contributed by atoms with Gasteiger partial charge in [-0.05, 0) is 110 Å². The molecule has 0 aromatic heterocycles. The number of fused-ring (bicyclic) bond motifs is 13. The largest absolute Gasteiger partial charge is 0.457 e. The molecule has 1 aliphatic heterocycles. The van der Waals surface area contributed by atoms with Crippen LogP contribution in [0.25, 0.3) is 33.0 Å². The Morgan fingerprint density at radius 1 is 0.412 bits per heavy atom. The summed E-state index contributed by atoms with van der Waals surface area (Å²) in [4.78, 5) is 2.43. The van der Waals surface area contributed by atoms with Gasteiger partial charge in [-0.25, -0.2) is 0 Å². The van der Waals surface area contributed by atoms with Crippen LogP contribution in [0.2, 0.25) is 0 Å². The zero-order valence-corrected chi connectivity index (χ0v) is 28.2. The van der Waals surface area contributed by atoms with Gasteiger partial charge >= 0.3 is 0 Å². The van der Waals surface area contributed by atoms with Crippen molar-refractivity contribution in [1.82, 2.24) is 0 Å². The van der Waals surface area contributed by atoms with Crippen LogP contribution in [0.3, 0.4) is 0 Å². The molecule has 0 fully saturated rings. The summed E-state index contributed by atoms with van der Waals surface area (Å²) in [5.41, 5.74) is 15.7. The maximum Gasteiger partial charge on any atom is 0.132 e. The van der Waals surface area contributed by atoms with E-state index >= 15 is 0 Å². The zero-order valence-electron chi connectivity index (χ0n) is 28.2. The summed E-state index contributed by atoms with van der Waals surface area (Å²) in [6, 6.07) is 64.6. The van der Waals surface area contributed by atoms with Crippen LogP contribution in [0.1, 0.15) is 46.2 Å². The summed E-state index contributed by atoms with van der Waals surface area (Å²) in [6.07, 6.45) is 0. The van der Waals surface area contributed by atoms with Crippen molar-refractivity contribution in [3.05, 3.63) is 209 Å². The maximum absolute atomic E-state index is 6.79. The molecule has 2 unspecified atom stereocenters. The van der Waals surface area contributed by atoms with E-state index in [0.29, 0.717) is 5.92 Å². The highest BCUT2D eigenvalue weighted by Gasteiger charge is 2.51. The second-order valence-corrected chi connectivity index (χ2v) is 14.1. The van der Waals surface area contributed by atoms with Gasteiger partial charge in [0.2, 0.25) is 0 Å². The molecule has 240 valence electrons. The predicted octanol–water partition coefficient (Wildman–Crippen LogP) is 12.9. The quantitative estimate of drug-likeness (QED) is 0.188. The number of hydrogen-bond donors (Lipinski definition) is 0. The molecule has 2 aliphatic carbocycles. The molecule has 1 spiro atoms. The number of anilines is 3. The van der Waals surface area contributed by atoms with E-state index in [2.05, 4.69) is 188 Å². The Bertz CT molecular complexity index is 2710. The van der Waals surface area contributed by atoms with Gasteiger partial charge in [-0.3, -0.25) is 0 Å². The van der Waals surface area contributed by atoms with E-state index in [0.717, 1.165) is 28.6 Å². The Morgan fingerprint density at radius 3 is 1.86 bits per heavy atom. The lowest BCUT2D eigenvalue weighted by Crippen LogP contribution is -2.32. The first-order chi connectivity index (χ1) is 25.2. The number of nitrogens with zero attached hydrogens (tertiary/aromatic N) is 1. The van der Waals surface area contributed by atoms with Gasteiger partial charge in [-0.15, -0.1) is 0 Å². The summed E-state index contributed by atoms with van der Waals surface area (Å²) in [5.74, 6) is 2.14. The van der Waals surface area contributed by atoms with Crippen LogP contribution in [0.5, 0.6) is 11.5 Å². The Labute approximate surface area is 297 Å². The van der Waals surface area contributed by atoms with Gasteiger partial charge in [0.25, 0.3) is 0 Å². The van der Waals surface area contributed by atoms with E-state index in [9.17, 15) is 0 Å². The van der Waals surface area contributed by atoms with Crippen LogP contribution in [0, 0.1) is 0 Å². The third kappa shape index (κ3) is 3.88. The molecule has 0 amide bonds. The van der Waals surface area contributed by atoms with Crippen molar-refractivity contribution >= 4 is 27.8 Å². The molecule has 0 N–H and O–H groups in total. The van der Waals surface area contributed by atoms with Gasteiger partial charge in [0.1, 0.15) is 11.5 Å². The fourth-order valence-corrected chi connectivity index (χ4v) is 9.32. The molecule has 0 saturated carbocycles. The van der Waals surface area contributed by atoms with Gasteiger partial charge < -0.3 is 9.64 Å². The summed E-state index contributed by atoms with van der Waals surface area (Å²) < 4.78 is 6.79. The van der Waals surface area contributed by atoms with Gasteiger partial charge in [0.15, 0.2) is 0 Å². The Kier molecular flexibility index (Phi) is 5.89. The van der Waals surface area contributed by atoms with Crippen LogP contribution in [0.4, 0.5) is 17.1 Å². The maximum atomic E-state index is 6.79. The number of hydrogen-bond acceptors (Lipinski definition) is 2. The van der Waals surface area contributed by atoms with Crippen LogP contribution in [-0.4, -0.2) is 0 Å². The third-order valence-electron chi connectivity index (χ3n) is 11.5. The lowest BCUT2D eigenvalue weighted by molar-refractivity contribution is 0.437.